The van der Waals surface area contributed by atoms with Crippen molar-refractivity contribution in [3.05, 3.63) is 98.4 Å². The summed E-state index contributed by atoms with van der Waals surface area (Å²) in [6, 6.07) is 21.1. The number of nitrogens with zero attached hydrogens (tertiary/aromatic N) is 2. The molecule has 1 aliphatic heterocycles. The molecule has 6 nitrogen and oxygen atoms in total. The van der Waals surface area contributed by atoms with Crippen molar-refractivity contribution in [3.63, 3.8) is 0 Å². The standard InChI is InChI=1S/C27H27BrCl2N2O4S/c28-22-12-10-21(11-13-22)27(34)15-5-16-31(19-27)25(33)14-17-32(18-20-6-2-1-3-7-20)37(35,36)26-23(29)8-4-9-24(26)30/h1-4,6-13,34H,5,14-19H2. The molecule has 0 spiro atoms. The fraction of sp³-hybridized carbons (Fsp3) is 0.296. The van der Waals surface area contributed by atoms with Crippen LogP contribution < -0.4 is 0 Å². The van der Waals surface area contributed by atoms with Crippen molar-refractivity contribution in [1.29, 1.82) is 0 Å². The number of hydrogen-bond donors (Lipinski definition) is 1. The second-order valence-electron chi connectivity index (χ2n) is 9.08. The fourth-order valence-electron chi connectivity index (χ4n) is 4.55. The van der Waals surface area contributed by atoms with E-state index in [0.29, 0.717) is 19.4 Å². The third-order valence-electron chi connectivity index (χ3n) is 6.50. The third kappa shape index (κ3) is 6.56. The SMILES string of the molecule is O=C(CCN(Cc1ccccc1)S(=O)(=O)c1c(Cl)cccc1Cl)N1CCCC(O)(c2ccc(Br)cc2)C1. The maximum absolute atomic E-state index is 13.7. The van der Waals surface area contributed by atoms with Gasteiger partial charge in [0.2, 0.25) is 15.9 Å². The highest BCUT2D eigenvalue weighted by atomic mass is 79.9. The molecule has 0 bridgehead atoms. The van der Waals surface area contributed by atoms with Gasteiger partial charge in [0, 0.05) is 30.5 Å². The van der Waals surface area contributed by atoms with Crippen LogP contribution in [0, 0.1) is 0 Å². The number of likely N-dealkylation sites (tertiary alicyclic amines) is 1. The number of aliphatic hydroxyl groups is 1. The van der Waals surface area contributed by atoms with E-state index in [1.54, 1.807) is 11.0 Å². The quantitative estimate of drug-likeness (QED) is 0.341. The summed E-state index contributed by atoms with van der Waals surface area (Å²) in [7, 11) is -4.11. The lowest BCUT2D eigenvalue weighted by Crippen LogP contribution is -2.49. The van der Waals surface area contributed by atoms with Crippen LogP contribution in [-0.2, 0) is 27.0 Å². The summed E-state index contributed by atoms with van der Waals surface area (Å²) in [5.74, 6) is -0.228. The average molecular weight is 626 g/mol. The molecular formula is C27H27BrCl2N2O4S. The van der Waals surface area contributed by atoms with Crippen molar-refractivity contribution < 1.29 is 18.3 Å². The van der Waals surface area contributed by atoms with Gasteiger partial charge in [-0.3, -0.25) is 4.79 Å². The van der Waals surface area contributed by atoms with Crippen LogP contribution in [0.4, 0.5) is 0 Å². The maximum Gasteiger partial charge on any atom is 0.246 e. The van der Waals surface area contributed by atoms with E-state index in [2.05, 4.69) is 15.9 Å². The summed E-state index contributed by atoms with van der Waals surface area (Å²) >= 11 is 15.9. The number of rotatable bonds is 8. The first-order chi connectivity index (χ1) is 17.6. The van der Waals surface area contributed by atoms with E-state index in [-0.39, 0.29) is 46.9 Å². The smallest absolute Gasteiger partial charge is 0.246 e. The van der Waals surface area contributed by atoms with Gasteiger partial charge in [-0.15, -0.1) is 0 Å². The van der Waals surface area contributed by atoms with Crippen LogP contribution in [0.25, 0.3) is 0 Å². The maximum atomic E-state index is 13.7. The molecule has 1 heterocycles. The number of amides is 1. The first-order valence-corrected chi connectivity index (χ1v) is 14.8. The van der Waals surface area contributed by atoms with Crippen LogP contribution in [0.3, 0.4) is 0 Å². The summed E-state index contributed by atoms with van der Waals surface area (Å²) in [6.45, 7) is 0.639. The molecule has 4 rings (SSSR count). The molecule has 1 atom stereocenters. The van der Waals surface area contributed by atoms with E-state index in [1.165, 1.54) is 16.4 Å². The van der Waals surface area contributed by atoms with Crippen LogP contribution in [0.15, 0.2) is 82.2 Å². The molecule has 196 valence electrons. The molecule has 3 aromatic carbocycles. The van der Waals surface area contributed by atoms with Gasteiger partial charge in [0.15, 0.2) is 0 Å². The lowest BCUT2D eigenvalue weighted by atomic mass is 9.85. The van der Waals surface area contributed by atoms with Crippen LogP contribution >= 0.6 is 39.1 Å². The van der Waals surface area contributed by atoms with Gasteiger partial charge in [-0.2, -0.15) is 4.31 Å². The van der Waals surface area contributed by atoms with Gasteiger partial charge in [0.25, 0.3) is 0 Å². The molecule has 0 aromatic heterocycles. The monoisotopic (exact) mass is 624 g/mol. The van der Waals surface area contributed by atoms with Gasteiger partial charge in [0.05, 0.1) is 16.6 Å². The molecule has 1 saturated heterocycles. The normalized spacial score (nSPS) is 18.2. The Hall–Kier alpha value is -1.94. The zero-order valence-corrected chi connectivity index (χ0v) is 23.9. The Morgan fingerprint density at radius 1 is 1.00 bits per heavy atom. The summed E-state index contributed by atoms with van der Waals surface area (Å²) < 4.78 is 29.5. The summed E-state index contributed by atoms with van der Waals surface area (Å²) in [5, 5.41) is 11.4. The van der Waals surface area contributed by atoms with Gasteiger partial charge in [-0.05, 0) is 48.2 Å². The Labute approximate surface area is 236 Å². The van der Waals surface area contributed by atoms with E-state index in [4.69, 9.17) is 23.2 Å². The average Bonchev–Trinajstić information content (AvgIpc) is 2.87. The van der Waals surface area contributed by atoms with Crippen LogP contribution in [0.1, 0.15) is 30.4 Å². The number of piperidine rings is 1. The fourth-order valence-corrected chi connectivity index (χ4v) is 7.34. The van der Waals surface area contributed by atoms with Gasteiger partial charge in [-0.1, -0.05) is 87.7 Å². The molecule has 1 fully saturated rings. The van der Waals surface area contributed by atoms with Gasteiger partial charge in [0.1, 0.15) is 10.5 Å². The van der Waals surface area contributed by atoms with Crippen molar-refractivity contribution >= 4 is 55.1 Å². The zero-order valence-electron chi connectivity index (χ0n) is 20.0. The van der Waals surface area contributed by atoms with Gasteiger partial charge in [-0.25, -0.2) is 8.42 Å². The molecule has 37 heavy (non-hydrogen) atoms. The number of carbonyl (C=O) groups excluding carboxylic acids is 1. The van der Waals surface area contributed by atoms with Crippen molar-refractivity contribution in [3.8, 4) is 0 Å². The van der Waals surface area contributed by atoms with Gasteiger partial charge < -0.3 is 10.0 Å². The Morgan fingerprint density at radius 3 is 2.30 bits per heavy atom. The molecule has 0 radical (unpaired) electrons. The lowest BCUT2D eigenvalue weighted by molar-refractivity contribution is -0.139. The number of carbonyl (C=O) groups is 1. The molecule has 0 saturated carbocycles. The minimum absolute atomic E-state index is 0.0208. The van der Waals surface area contributed by atoms with E-state index in [0.717, 1.165) is 15.6 Å². The minimum atomic E-state index is -4.11. The predicted octanol–water partition coefficient (Wildman–Crippen LogP) is 5.85. The van der Waals surface area contributed by atoms with E-state index in [1.807, 2.05) is 54.6 Å². The van der Waals surface area contributed by atoms with E-state index < -0.39 is 15.6 Å². The number of β-amino-alcohol motifs (C(OH)–C–C–N with tert-alkyl or cyclic N) is 1. The number of sulfonamides is 1. The van der Waals surface area contributed by atoms with Crippen molar-refractivity contribution in [2.75, 3.05) is 19.6 Å². The molecule has 10 heteroatoms. The number of halogens is 3. The molecule has 1 aliphatic rings. The third-order valence-corrected chi connectivity index (χ3v) is 9.83. The van der Waals surface area contributed by atoms with Gasteiger partial charge >= 0.3 is 0 Å². The summed E-state index contributed by atoms with van der Waals surface area (Å²) in [6.07, 6.45) is 1.13. The Balaban J connectivity index is 1.54. The Kier molecular flexibility index (Phi) is 8.99. The summed E-state index contributed by atoms with van der Waals surface area (Å²) in [5.41, 5.74) is 0.356. The highest BCUT2D eigenvalue weighted by Gasteiger charge is 2.37. The molecule has 1 N–H and O–H groups in total. The van der Waals surface area contributed by atoms with Crippen LogP contribution in [-0.4, -0.2) is 48.3 Å². The molecule has 1 amide bonds. The van der Waals surface area contributed by atoms with Crippen molar-refractivity contribution in [1.82, 2.24) is 9.21 Å². The lowest BCUT2D eigenvalue weighted by Gasteiger charge is -2.40. The molecule has 1 unspecified atom stereocenters. The molecule has 3 aromatic rings. The highest BCUT2D eigenvalue weighted by molar-refractivity contribution is 9.10. The second-order valence-corrected chi connectivity index (χ2v) is 12.7. The summed E-state index contributed by atoms with van der Waals surface area (Å²) in [4.78, 5) is 14.7. The predicted molar refractivity (Wildman–Crippen MR) is 149 cm³/mol. The Bertz CT molecular complexity index is 1340. The largest absolute Gasteiger partial charge is 0.383 e. The molecular weight excluding hydrogens is 599 g/mol. The number of benzene rings is 3. The van der Waals surface area contributed by atoms with Crippen LogP contribution in [0.2, 0.25) is 10.0 Å². The zero-order chi connectivity index (χ0) is 26.6. The highest BCUT2D eigenvalue weighted by Crippen LogP contribution is 2.34. The van der Waals surface area contributed by atoms with Crippen molar-refractivity contribution in [2.24, 2.45) is 0 Å². The van der Waals surface area contributed by atoms with E-state index in [9.17, 15) is 18.3 Å². The molecule has 0 aliphatic carbocycles. The van der Waals surface area contributed by atoms with Crippen LogP contribution in [0.5, 0.6) is 0 Å². The topological polar surface area (TPSA) is 77.9 Å². The van der Waals surface area contributed by atoms with Crippen molar-refractivity contribution in [2.45, 2.75) is 36.3 Å². The first kappa shape index (κ1) is 28.1. The van der Waals surface area contributed by atoms with E-state index >= 15 is 0 Å². The second kappa shape index (κ2) is 11.8. The minimum Gasteiger partial charge on any atom is -0.383 e. The number of hydrogen-bond acceptors (Lipinski definition) is 4. The first-order valence-electron chi connectivity index (χ1n) is 11.8. The Morgan fingerprint density at radius 2 is 1.65 bits per heavy atom.